The molecule has 18 heavy (non-hydrogen) atoms. The van der Waals surface area contributed by atoms with Crippen LogP contribution in [-0.4, -0.2) is 5.91 Å². The van der Waals surface area contributed by atoms with Gasteiger partial charge in [0.25, 0.3) is 5.91 Å². The molecule has 3 N–H and O–H groups in total. The van der Waals surface area contributed by atoms with Crippen molar-refractivity contribution in [2.75, 3.05) is 0 Å². The van der Waals surface area contributed by atoms with Crippen LogP contribution in [0.15, 0.2) is 41.0 Å². The van der Waals surface area contributed by atoms with Crippen molar-refractivity contribution in [1.82, 2.24) is 5.43 Å². The van der Waals surface area contributed by atoms with Crippen LogP contribution in [0.1, 0.15) is 16.1 Å². The quantitative estimate of drug-likeness (QED) is 0.505. The SMILES string of the molecule is NNC(=O)c1coc(COc2ccccc2Cl)c1. The van der Waals surface area contributed by atoms with E-state index in [0.29, 0.717) is 22.1 Å². The van der Waals surface area contributed by atoms with E-state index in [1.165, 1.54) is 6.26 Å². The van der Waals surface area contributed by atoms with Gasteiger partial charge in [-0.25, -0.2) is 5.84 Å². The summed E-state index contributed by atoms with van der Waals surface area (Å²) in [5.74, 6) is 5.66. The molecule has 0 fully saturated rings. The number of halogens is 1. The molecular weight excluding hydrogens is 256 g/mol. The highest BCUT2D eigenvalue weighted by Crippen LogP contribution is 2.24. The van der Waals surface area contributed by atoms with Crippen molar-refractivity contribution in [3.05, 3.63) is 52.9 Å². The minimum atomic E-state index is -0.414. The van der Waals surface area contributed by atoms with Gasteiger partial charge in [0, 0.05) is 0 Å². The number of carbonyl (C=O) groups is 1. The number of ether oxygens (including phenoxy) is 1. The van der Waals surface area contributed by atoms with E-state index in [1.54, 1.807) is 18.2 Å². The van der Waals surface area contributed by atoms with Crippen molar-refractivity contribution in [1.29, 1.82) is 0 Å². The van der Waals surface area contributed by atoms with Crippen LogP contribution in [0.25, 0.3) is 0 Å². The number of benzene rings is 1. The van der Waals surface area contributed by atoms with Gasteiger partial charge in [0.1, 0.15) is 24.4 Å². The fourth-order valence-electron chi connectivity index (χ4n) is 1.37. The molecule has 1 aromatic heterocycles. The Morgan fingerprint density at radius 1 is 1.44 bits per heavy atom. The summed E-state index contributed by atoms with van der Waals surface area (Å²) in [6.45, 7) is 0.182. The minimum absolute atomic E-state index is 0.182. The molecule has 2 aromatic rings. The number of carbonyl (C=O) groups excluding carboxylic acids is 1. The third-order valence-corrected chi connectivity index (χ3v) is 2.57. The van der Waals surface area contributed by atoms with Gasteiger partial charge in [-0.05, 0) is 18.2 Å². The van der Waals surface area contributed by atoms with Gasteiger partial charge in [-0.1, -0.05) is 23.7 Å². The molecule has 0 aliphatic heterocycles. The number of amides is 1. The summed E-state index contributed by atoms with van der Waals surface area (Å²) in [4.78, 5) is 11.2. The molecule has 0 aliphatic rings. The number of hydrogen-bond acceptors (Lipinski definition) is 4. The Balaban J connectivity index is 2.01. The van der Waals surface area contributed by atoms with Gasteiger partial charge in [-0.15, -0.1) is 0 Å². The first-order valence-electron chi connectivity index (χ1n) is 5.16. The Morgan fingerprint density at radius 2 is 2.22 bits per heavy atom. The van der Waals surface area contributed by atoms with Crippen LogP contribution in [0.2, 0.25) is 5.02 Å². The van der Waals surface area contributed by atoms with E-state index in [0.717, 1.165) is 0 Å². The number of nitrogens with one attached hydrogen (secondary N) is 1. The predicted molar refractivity (Wildman–Crippen MR) is 66.1 cm³/mol. The number of rotatable bonds is 4. The van der Waals surface area contributed by atoms with Gasteiger partial charge >= 0.3 is 0 Å². The Morgan fingerprint density at radius 3 is 2.94 bits per heavy atom. The van der Waals surface area contributed by atoms with Crippen molar-refractivity contribution in [3.8, 4) is 5.75 Å². The van der Waals surface area contributed by atoms with Gasteiger partial charge in [0.2, 0.25) is 0 Å². The lowest BCUT2D eigenvalue weighted by atomic mass is 10.3. The lowest BCUT2D eigenvalue weighted by Crippen LogP contribution is -2.29. The molecule has 0 spiro atoms. The van der Waals surface area contributed by atoms with Crippen LogP contribution >= 0.6 is 11.6 Å². The normalized spacial score (nSPS) is 10.1. The number of hydrazine groups is 1. The van der Waals surface area contributed by atoms with Crippen molar-refractivity contribution in [2.45, 2.75) is 6.61 Å². The average molecular weight is 267 g/mol. The van der Waals surface area contributed by atoms with E-state index in [-0.39, 0.29) is 6.61 Å². The van der Waals surface area contributed by atoms with Gasteiger partial charge in [0.05, 0.1) is 10.6 Å². The van der Waals surface area contributed by atoms with Crippen molar-refractivity contribution < 1.29 is 13.9 Å². The highest BCUT2D eigenvalue weighted by Gasteiger charge is 2.09. The summed E-state index contributed by atoms with van der Waals surface area (Å²) in [6, 6.07) is 8.66. The number of furan rings is 1. The monoisotopic (exact) mass is 266 g/mol. The van der Waals surface area contributed by atoms with Crippen LogP contribution in [0.5, 0.6) is 5.75 Å². The summed E-state index contributed by atoms with van der Waals surface area (Å²) in [7, 11) is 0. The molecule has 94 valence electrons. The van der Waals surface area contributed by atoms with Crippen LogP contribution in [0.4, 0.5) is 0 Å². The molecule has 1 heterocycles. The molecule has 0 saturated heterocycles. The molecule has 0 radical (unpaired) electrons. The maximum Gasteiger partial charge on any atom is 0.268 e. The van der Waals surface area contributed by atoms with E-state index in [2.05, 4.69) is 0 Å². The van der Waals surface area contributed by atoms with Crippen molar-refractivity contribution in [3.63, 3.8) is 0 Å². The molecule has 0 unspecified atom stereocenters. The van der Waals surface area contributed by atoms with Crippen LogP contribution < -0.4 is 16.0 Å². The second-order valence-electron chi connectivity index (χ2n) is 3.49. The summed E-state index contributed by atoms with van der Waals surface area (Å²) in [6.07, 6.45) is 1.31. The van der Waals surface area contributed by atoms with Gasteiger partial charge in [-0.3, -0.25) is 10.2 Å². The first-order chi connectivity index (χ1) is 8.70. The molecule has 0 saturated carbocycles. The van der Waals surface area contributed by atoms with E-state index in [4.69, 9.17) is 26.6 Å². The van der Waals surface area contributed by atoms with Gasteiger partial charge in [-0.2, -0.15) is 0 Å². The Hall–Kier alpha value is -1.98. The Bertz CT molecular complexity index is 554. The van der Waals surface area contributed by atoms with Crippen LogP contribution in [0, 0.1) is 0 Å². The van der Waals surface area contributed by atoms with Gasteiger partial charge < -0.3 is 9.15 Å². The minimum Gasteiger partial charge on any atom is -0.484 e. The smallest absolute Gasteiger partial charge is 0.268 e. The van der Waals surface area contributed by atoms with Crippen LogP contribution in [-0.2, 0) is 6.61 Å². The molecule has 6 heteroatoms. The molecule has 0 aliphatic carbocycles. The fourth-order valence-corrected chi connectivity index (χ4v) is 1.56. The third-order valence-electron chi connectivity index (χ3n) is 2.25. The predicted octanol–water partition coefficient (Wildman–Crippen LogP) is 2.12. The molecule has 0 atom stereocenters. The maximum atomic E-state index is 11.2. The molecule has 5 nitrogen and oxygen atoms in total. The third kappa shape index (κ3) is 2.82. The average Bonchev–Trinajstić information content (AvgIpc) is 2.86. The Kier molecular flexibility index (Phi) is 3.86. The first-order valence-corrected chi connectivity index (χ1v) is 5.54. The summed E-state index contributed by atoms with van der Waals surface area (Å²) in [5, 5.41) is 0.518. The number of nitrogens with two attached hydrogens (primary N) is 1. The van der Waals surface area contributed by atoms with Crippen LogP contribution in [0.3, 0.4) is 0 Å². The van der Waals surface area contributed by atoms with E-state index in [1.807, 2.05) is 17.6 Å². The number of para-hydroxylation sites is 1. The first kappa shape index (κ1) is 12.5. The molecule has 0 bridgehead atoms. The molecule has 1 aromatic carbocycles. The largest absolute Gasteiger partial charge is 0.484 e. The number of nitrogen functional groups attached to an aromatic ring is 1. The zero-order valence-corrected chi connectivity index (χ0v) is 10.1. The topological polar surface area (TPSA) is 77.5 Å². The lowest BCUT2D eigenvalue weighted by molar-refractivity contribution is 0.0953. The molecule has 2 rings (SSSR count). The standard InChI is InChI=1S/C12H11ClN2O3/c13-10-3-1-2-4-11(10)18-7-9-5-8(6-17-9)12(16)15-14/h1-6H,7,14H2,(H,15,16). The van der Waals surface area contributed by atoms with E-state index < -0.39 is 5.91 Å². The zero-order valence-electron chi connectivity index (χ0n) is 9.35. The Labute approximate surface area is 108 Å². The zero-order chi connectivity index (χ0) is 13.0. The van der Waals surface area contributed by atoms with Crippen molar-refractivity contribution >= 4 is 17.5 Å². The maximum absolute atomic E-state index is 11.2. The van der Waals surface area contributed by atoms with Gasteiger partial charge in [0.15, 0.2) is 0 Å². The van der Waals surface area contributed by atoms with Crippen molar-refractivity contribution in [2.24, 2.45) is 5.84 Å². The highest BCUT2D eigenvalue weighted by atomic mass is 35.5. The lowest BCUT2D eigenvalue weighted by Gasteiger charge is -2.05. The molecule has 1 amide bonds. The fraction of sp³-hybridized carbons (Fsp3) is 0.0833. The second kappa shape index (κ2) is 5.57. The number of hydrogen-bond donors (Lipinski definition) is 2. The summed E-state index contributed by atoms with van der Waals surface area (Å²) >= 11 is 5.93. The summed E-state index contributed by atoms with van der Waals surface area (Å²) in [5.41, 5.74) is 2.36. The second-order valence-corrected chi connectivity index (χ2v) is 3.90. The van der Waals surface area contributed by atoms with E-state index >= 15 is 0 Å². The summed E-state index contributed by atoms with van der Waals surface area (Å²) < 4.78 is 10.6. The van der Waals surface area contributed by atoms with E-state index in [9.17, 15) is 4.79 Å². The highest BCUT2D eigenvalue weighted by molar-refractivity contribution is 6.32. The molecular formula is C12H11ClN2O3.